The maximum atomic E-state index is 5.85. The molecule has 1 unspecified atom stereocenters. The predicted octanol–water partition coefficient (Wildman–Crippen LogP) is 1.86. The van der Waals surface area contributed by atoms with E-state index in [2.05, 4.69) is 12.2 Å². The number of nitrogens with two attached hydrogens (primary N) is 1. The van der Waals surface area contributed by atoms with Crippen molar-refractivity contribution in [1.29, 1.82) is 0 Å². The van der Waals surface area contributed by atoms with Crippen molar-refractivity contribution in [1.82, 2.24) is 0 Å². The van der Waals surface area contributed by atoms with E-state index in [0.29, 0.717) is 13.2 Å². The summed E-state index contributed by atoms with van der Waals surface area (Å²) in [7, 11) is 3.34. The lowest BCUT2D eigenvalue weighted by Gasteiger charge is -2.33. The van der Waals surface area contributed by atoms with Gasteiger partial charge in [-0.2, -0.15) is 0 Å². The molecule has 1 aromatic carbocycles. The minimum atomic E-state index is -0.221. The van der Waals surface area contributed by atoms with Crippen LogP contribution < -0.4 is 15.8 Å². The highest BCUT2D eigenvalue weighted by atomic mass is 16.5. The fourth-order valence-corrected chi connectivity index (χ4v) is 1.76. The van der Waals surface area contributed by atoms with Crippen LogP contribution in [0.4, 0.5) is 5.69 Å². The first kappa shape index (κ1) is 13.8. The van der Waals surface area contributed by atoms with Gasteiger partial charge >= 0.3 is 0 Å². The summed E-state index contributed by atoms with van der Waals surface area (Å²) >= 11 is 0. The molecule has 1 aromatic rings. The lowest BCUT2D eigenvalue weighted by molar-refractivity contribution is 0.143. The third kappa shape index (κ3) is 3.61. The molecule has 0 aromatic heterocycles. The van der Waals surface area contributed by atoms with Gasteiger partial charge in [-0.3, -0.25) is 0 Å². The van der Waals surface area contributed by atoms with Crippen LogP contribution in [0.1, 0.15) is 13.3 Å². The van der Waals surface area contributed by atoms with Crippen molar-refractivity contribution in [3.63, 3.8) is 0 Å². The quantitative estimate of drug-likeness (QED) is 0.761. The fraction of sp³-hybridized carbons (Fsp3) is 0.538. The zero-order chi connectivity index (χ0) is 12.7. The number of methoxy groups -OCH3 is 2. The molecule has 3 N–H and O–H groups in total. The summed E-state index contributed by atoms with van der Waals surface area (Å²) in [6.07, 6.45) is 0.897. The van der Waals surface area contributed by atoms with Gasteiger partial charge in [-0.05, 0) is 18.6 Å². The molecule has 0 fully saturated rings. The van der Waals surface area contributed by atoms with E-state index < -0.39 is 0 Å². The molecule has 0 heterocycles. The third-order valence-corrected chi connectivity index (χ3v) is 2.97. The van der Waals surface area contributed by atoms with Gasteiger partial charge in [0.15, 0.2) is 0 Å². The van der Waals surface area contributed by atoms with Gasteiger partial charge in [-0.25, -0.2) is 0 Å². The number of nitrogens with one attached hydrogen (secondary N) is 1. The summed E-state index contributed by atoms with van der Waals surface area (Å²) in [6, 6.07) is 7.82. The molecule has 0 bridgehead atoms. The standard InChI is InChI=1S/C13H22N2O2/c1-4-13(9-14,10-16-2)15-11-6-5-7-12(8-11)17-3/h5-8,15H,4,9-10,14H2,1-3H3. The molecular formula is C13H22N2O2. The zero-order valence-corrected chi connectivity index (χ0v) is 10.8. The molecule has 1 rings (SSSR count). The Labute approximate surface area is 103 Å². The molecule has 0 amide bonds. The molecule has 1 atom stereocenters. The van der Waals surface area contributed by atoms with Crippen LogP contribution in [-0.4, -0.2) is 32.9 Å². The van der Waals surface area contributed by atoms with E-state index >= 15 is 0 Å². The van der Waals surface area contributed by atoms with Gasteiger partial charge in [0, 0.05) is 25.4 Å². The van der Waals surface area contributed by atoms with Crippen molar-refractivity contribution < 1.29 is 9.47 Å². The molecule has 0 aliphatic carbocycles. The van der Waals surface area contributed by atoms with Crippen LogP contribution in [0.15, 0.2) is 24.3 Å². The van der Waals surface area contributed by atoms with Crippen LogP contribution in [0, 0.1) is 0 Å². The van der Waals surface area contributed by atoms with Gasteiger partial charge in [0.1, 0.15) is 5.75 Å². The minimum absolute atomic E-state index is 0.221. The van der Waals surface area contributed by atoms with E-state index in [1.54, 1.807) is 14.2 Å². The van der Waals surface area contributed by atoms with Crippen molar-refractivity contribution >= 4 is 5.69 Å². The summed E-state index contributed by atoms with van der Waals surface area (Å²) in [4.78, 5) is 0. The van der Waals surface area contributed by atoms with Crippen molar-refractivity contribution in [2.45, 2.75) is 18.9 Å². The molecule has 0 saturated heterocycles. The topological polar surface area (TPSA) is 56.5 Å². The molecule has 4 nitrogen and oxygen atoms in total. The van der Waals surface area contributed by atoms with Gasteiger partial charge in [0.05, 0.1) is 19.3 Å². The summed E-state index contributed by atoms with van der Waals surface area (Å²) in [6.45, 7) is 3.20. The van der Waals surface area contributed by atoms with Gasteiger partial charge in [-0.1, -0.05) is 13.0 Å². The first-order valence-corrected chi connectivity index (χ1v) is 5.81. The van der Waals surface area contributed by atoms with E-state index in [4.69, 9.17) is 15.2 Å². The second-order valence-corrected chi connectivity index (χ2v) is 4.13. The third-order valence-electron chi connectivity index (χ3n) is 2.97. The Balaban J connectivity index is 2.84. The van der Waals surface area contributed by atoms with Crippen molar-refractivity contribution in [3.05, 3.63) is 24.3 Å². The molecule has 0 radical (unpaired) electrons. The first-order valence-electron chi connectivity index (χ1n) is 5.81. The van der Waals surface area contributed by atoms with Crippen LogP contribution in [-0.2, 0) is 4.74 Å². The Morgan fingerprint density at radius 2 is 2.12 bits per heavy atom. The van der Waals surface area contributed by atoms with Crippen LogP contribution in [0.5, 0.6) is 5.75 Å². The summed E-state index contributed by atoms with van der Waals surface area (Å²) in [5.41, 5.74) is 6.62. The smallest absolute Gasteiger partial charge is 0.120 e. The van der Waals surface area contributed by atoms with Gasteiger partial charge in [-0.15, -0.1) is 0 Å². The van der Waals surface area contributed by atoms with E-state index in [9.17, 15) is 0 Å². The van der Waals surface area contributed by atoms with Gasteiger partial charge < -0.3 is 20.5 Å². The monoisotopic (exact) mass is 238 g/mol. The molecule has 96 valence electrons. The molecular weight excluding hydrogens is 216 g/mol. The van der Waals surface area contributed by atoms with Crippen molar-refractivity contribution in [3.8, 4) is 5.75 Å². The average molecular weight is 238 g/mol. The SMILES string of the molecule is CCC(CN)(COC)Nc1cccc(OC)c1. The largest absolute Gasteiger partial charge is 0.497 e. The molecule has 0 aliphatic rings. The van der Waals surface area contributed by atoms with E-state index in [-0.39, 0.29) is 5.54 Å². The maximum absolute atomic E-state index is 5.85. The van der Waals surface area contributed by atoms with Crippen LogP contribution >= 0.6 is 0 Å². The Bertz CT molecular complexity index is 338. The highest BCUT2D eigenvalue weighted by molar-refractivity contribution is 5.50. The number of hydrogen-bond acceptors (Lipinski definition) is 4. The molecule has 0 saturated carbocycles. The summed E-state index contributed by atoms with van der Waals surface area (Å²) < 4.78 is 10.4. The van der Waals surface area contributed by atoms with Crippen LogP contribution in [0.2, 0.25) is 0 Å². The van der Waals surface area contributed by atoms with Crippen molar-refractivity contribution in [2.75, 3.05) is 32.7 Å². The maximum Gasteiger partial charge on any atom is 0.120 e. The second-order valence-electron chi connectivity index (χ2n) is 4.13. The normalized spacial score (nSPS) is 14.1. The molecule has 4 heteroatoms. The van der Waals surface area contributed by atoms with Crippen LogP contribution in [0.25, 0.3) is 0 Å². The van der Waals surface area contributed by atoms with E-state index in [1.165, 1.54) is 0 Å². The van der Waals surface area contributed by atoms with E-state index in [0.717, 1.165) is 17.9 Å². The zero-order valence-electron chi connectivity index (χ0n) is 10.8. The predicted molar refractivity (Wildman–Crippen MR) is 70.6 cm³/mol. The fourth-order valence-electron chi connectivity index (χ4n) is 1.76. The number of rotatable bonds is 7. The molecule has 0 aliphatic heterocycles. The lowest BCUT2D eigenvalue weighted by atomic mass is 9.97. The van der Waals surface area contributed by atoms with Gasteiger partial charge in [0.2, 0.25) is 0 Å². The van der Waals surface area contributed by atoms with Crippen molar-refractivity contribution in [2.24, 2.45) is 5.73 Å². The lowest BCUT2D eigenvalue weighted by Crippen LogP contribution is -2.48. The second kappa shape index (κ2) is 6.47. The minimum Gasteiger partial charge on any atom is -0.497 e. The first-order chi connectivity index (χ1) is 8.19. The molecule has 0 spiro atoms. The Morgan fingerprint density at radius 3 is 2.65 bits per heavy atom. The number of benzene rings is 1. The van der Waals surface area contributed by atoms with E-state index in [1.807, 2.05) is 24.3 Å². The summed E-state index contributed by atoms with van der Waals surface area (Å²) in [5, 5.41) is 3.44. The highest BCUT2D eigenvalue weighted by Crippen LogP contribution is 2.22. The summed E-state index contributed by atoms with van der Waals surface area (Å²) in [5.74, 6) is 0.828. The van der Waals surface area contributed by atoms with Crippen LogP contribution in [0.3, 0.4) is 0 Å². The average Bonchev–Trinajstić information content (AvgIpc) is 2.38. The Morgan fingerprint density at radius 1 is 1.35 bits per heavy atom. The van der Waals surface area contributed by atoms with Gasteiger partial charge in [0.25, 0.3) is 0 Å². The number of hydrogen-bond donors (Lipinski definition) is 2. The Kier molecular flexibility index (Phi) is 5.25. The highest BCUT2D eigenvalue weighted by Gasteiger charge is 2.26. The number of ether oxygens (including phenoxy) is 2. The molecule has 17 heavy (non-hydrogen) atoms. The Hall–Kier alpha value is -1.26. The number of anilines is 1.